The van der Waals surface area contributed by atoms with E-state index in [0.717, 1.165) is 22.4 Å². The molecule has 0 radical (unpaired) electrons. The molecule has 7 heteroatoms. The Morgan fingerprint density at radius 1 is 1.09 bits per heavy atom. The third kappa shape index (κ3) is 6.11. The zero-order valence-electron chi connectivity index (χ0n) is 18.8. The minimum Gasteiger partial charge on any atom is -0.487 e. The largest absolute Gasteiger partial charge is 0.487 e. The Labute approximate surface area is 193 Å². The molecule has 1 heterocycles. The van der Waals surface area contributed by atoms with Crippen LogP contribution in [0, 0.1) is 13.8 Å². The molecule has 3 rings (SSSR count). The summed E-state index contributed by atoms with van der Waals surface area (Å²) in [6, 6.07) is 13.1. The van der Waals surface area contributed by atoms with Gasteiger partial charge < -0.3 is 18.6 Å². The number of carbonyl (C=O) groups excluding carboxylic acids is 1. The fourth-order valence-corrected chi connectivity index (χ4v) is 3.39. The Kier molecular flexibility index (Phi) is 8.31. The molecule has 0 bridgehead atoms. The molecule has 0 saturated heterocycles. The van der Waals surface area contributed by atoms with E-state index in [0.29, 0.717) is 42.1 Å². The molecular weight excluding hydrogens is 430 g/mol. The molecule has 1 unspecified atom stereocenters. The van der Waals surface area contributed by atoms with Gasteiger partial charge in [0.05, 0.1) is 6.61 Å². The van der Waals surface area contributed by atoms with E-state index in [1.807, 2.05) is 51.1 Å². The monoisotopic (exact) mass is 457 g/mol. The van der Waals surface area contributed by atoms with Crippen LogP contribution in [0.15, 0.2) is 46.9 Å². The van der Waals surface area contributed by atoms with Gasteiger partial charge in [-0.25, -0.2) is 9.78 Å². The summed E-state index contributed by atoms with van der Waals surface area (Å²) in [7, 11) is 0. The molecule has 0 amide bonds. The first-order chi connectivity index (χ1) is 15.4. The number of ether oxygens (including phenoxy) is 3. The van der Waals surface area contributed by atoms with E-state index >= 15 is 0 Å². The highest BCUT2D eigenvalue weighted by Gasteiger charge is 2.21. The van der Waals surface area contributed by atoms with Crippen LogP contribution < -0.4 is 4.74 Å². The van der Waals surface area contributed by atoms with E-state index in [2.05, 4.69) is 4.98 Å². The summed E-state index contributed by atoms with van der Waals surface area (Å²) < 4.78 is 22.4. The molecule has 6 nitrogen and oxygen atoms in total. The zero-order valence-corrected chi connectivity index (χ0v) is 19.6. The van der Waals surface area contributed by atoms with Crippen molar-refractivity contribution >= 4 is 17.6 Å². The molecule has 2 aromatic carbocycles. The first-order valence-corrected chi connectivity index (χ1v) is 11.0. The second-order valence-corrected chi connectivity index (χ2v) is 7.74. The summed E-state index contributed by atoms with van der Waals surface area (Å²) in [5.41, 5.74) is 3.60. The van der Waals surface area contributed by atoms with Crippen LogP contribution >= 0.6 is 11.6 Å². The first-order valence-electron chi connectivity index (χ1n) is 10.6. The van der Waals surface area contributed by atoms with E-state index in [1.165, 1.54) is 0 Å². The summed E-state index contributed by atoms with van der Waals surface area (Å²) in [4.78, 5) is 16.7. The Balaban J connectivity index is 1.66. The number of aryl methyl sites for hydroxylation is 2. The number of rotatable bonds is 10. The number of hydrogen-bond acceptors (Lipinski definition) is 6. The molecule has 0 aliphatic heterocycles. The van der Waals surface area contributed by atoms with Crippen LogP contribution in [0.25, 0.3) is 11.5 Å². The molecule has 0 aliphatic carbocycles. The highest BCUT2D eigenvalue weighted by atomic mass is 35.5. The lowest BCUT2D eigenvalue weighted by molar-refractivity contribution is -0.156. The van der Waals surface area contributed by atoms with E-state index in [1.54, 1.807) is 19.1 Å². The predicted octanol–water partition coefficient (Wildman–Crippen LogP) is 5.70. The maximum Gasteiger partial charge on any atom is 0.335 e. The van der Waals surface area contributed by atoms with Crippen LogP contribution in [0.5, 0.6) is 5.75 Å². The lowest BCUT2D eigenvalue weighted by atomic mass is 10.0. The number of oxazole rings is 1. The lowest BCUT2D eigenvalue weighted by Gasteiger charge is -2.17. The van der Waals surface area contributed by atoms with E-state index < -0.39 is 6.10 Å². The van der Waals surface area contributed by atoms with Crippen molar-refractivity contribution in [2.24, 2.45) is 0 Å². The van der Waals surface area contributed by atoms with Crippen molar-refractivity contribution in [1.82, 2.24) is 4.98 Å². The van der Waals surface area contributed by atoms with E-state index in [-0.39, 0.29) is 12.6 Å². The topological polar surface area (TPSA) is 70.8 Å². The minimum absolute atomic E-state index is 0.284. The van der Waals surface area contributed by atoms with Gasteiger partial charge in [-0.05, 0) is 75.2 Å². The van der Waals surface area contributed by atoms with Gasteiger partial charge >= 0.3 is 5.97 Å². The second kappa shape index (κ2) is 11.2. The third-order valence-corrected chi connectivity index (χ3v) is 5.25. The van der Waals surface area contributed by atoms with Gasteiger partial charge in [0.2, 0.25) is 5.89 Å². The highest BCUT2D eigenvalue weighted by molar-refractivity contribution is 6.30. The fourth-order valence-electron chi connectivity index (χ4n) is 3.26. The summed E-state index contributed by atoms with van der Waals surface area (Å²) in [5, 5.41) is 0.661. The molecular formula is C25H28ClNO5. The van der Waals surface area contributed by atoms with Crippen molar-refractivity contribution in [3.8, 4) is 17.2 Å². The third-order valence-electron chi connectivity index (χ3n) is 5.00. The Bertz CT molecular complexity index is 1040. The molecule has 0 N–H and O–H groups in total. The predicted molar refractivity (Wildman–Crippen MR) is 123 cm³/mol. The number of hydrogen-bond donors (Lipinski definition) is 0. The zero-order chi connectivity index (χ0) is 23.1. The van der Waals surface area contributed by atoms with Crippen LogP contribution in [0.2, 0.25) is 5.02 Å². The minimum atomic E-state index is -0.616. The number of esters is 1. The van der Waals surface area contributed by atoms with Crippen LogP contribution in [0.3, 0.4) is 0 Å². The van der Waals surface area contributed by atoms with E-state index in [9.17, 15) is 4.79 Å². The van der Waals surface area contributed by atoms with E-state index in [4.69, 9.17) is 30.2 Å². The van der Waals surface area contributed by atoms with Gasteiger partial charge in [0, 0.05) is 23.6 Å². The van der Waals surface area contributed by atoms with Gasteiger partial charge in [-0.3, -0.25) is 0 Å². The maximum atomic E-state index is 12.1. The van der Waals surface area contributed by atoms with Crippen LogP contribution in [0.1, 0.15) is 36.4 Å². The summed E-state index contributed by atoms with van der Waals surface area (Å²) in [6.45, 7) is 8.55. The highest BCUT2D eigenvalue weighted by Crippen LogP contribution is 2.25. The summed E-state index contributed by atoms with van der Waals surface area (Å²) in [5.74, 6) is 1.61. The van der Waals surface area contributed by atoms with Crippen molar-refractivity contribution in [2.45, 2.75) is 46.8 Å². The number of carbonyl (C=O) groups is 1. The van der Waals surface area contributed by atoms with Gasteiger partial charge in [-0.1, -0.05) is 17.7 Å². The average Bonchev–Trinajstić information content (AvgIpc) is 3.14. The molecule has 0 aliphatic rings. The molecule has 0 fully saturated rings. The molecule has 32 heavy (non-hydrogen) atoms. The molecule has 3 aromatic rings. The standard InChI is InChI=1S/C25H28ClNO5/c1-5-29-23(25(28)30-6-2)14-19-9-12-21(13-16(19)3)31-15-22-17(4)32-24(27-22)18-7-10-20(26)11-8-18/h7-13,23H,5-6,14-15H2,1-4H3. The Morgan fingerprint density at radius 2 is 1.84 bits per heavy atom. The normalized spacial score (nSPS) is 11.9. The van der Waals surface area contributed by atoms with Crippen molar-refractivity contribution in [2.75, 3.05) is 13.2 Å². The lowest BCUT2D eigenvalue weighted by Crippen LogP contribution is -2.29. The van der Waals surface area contributed by atoms with Crippen LogP contribution in [-0.2, 0) is 27.3 Å². The Morgan fingerprint density at radius 3 is 2.50 bits per heavy atom. The maximum absolute atomic E-state index is 12.1. The number of benzene rings is 2. The second-order valence-electron chi connectivity index (χ2n) is 7.31. The average molecular weight is 458 g/mol. The number of nitrogens with zero attached hydrogens (tertiary/aromatic N) is 1. The number of halogens is 1. The van der Waals surface area contributed by atoms with Gasteiger partial charge in [0.1, 0.15) is 23.8 Å². The Hall–Kier alpha value is -2.83. The number of aromatic nitrogens is 1. The van der Waals surface area contributed by atoms with Gasteiger partial charge in [-0.15, -0.1) is 0 Å². The summed E-state index contributed by atoms with van der Waals surface area (Å²) >= 11 is 5.95. The summed E-state index contributed by atoms with van der Waals surface area (Å²) in [6.07, 6.45) is -0.166. The van der Waals surface area contributed by atoms with Crippen molar-refractivity contribution < 1.29 is 23.4 Å². The molecule has 170 valence electrons. The van der Waals surface area contributed by atoms with Crippen molar-refractivity contribution in [1.29, 1.82) is 0 Å². The van der Waals surface area contributed by atoms with Gasteiger partial charge in [0.25, 0.3) is 0 Å². The van der Waals surface area contributed by atoms with Crippen LogP contribution in [-0.4, -0.2) is 30.3 Å². The fraction of sp³-hybridized carbons (Fsp3) is 0.360. The first kappa shape index (κ1) is 23.8. The van der Waals surface area contributed by atoms with Gasteiger partial charge in [-0.2, -0.15) is 0 Å². The van der Waals surface area contributed by atoms with Crippen molar-refractivity contribution in [3.63, 3.8) is 0 Å². The smallest absolute Gasteiger partial charge is 0.335 e. The molecule has 0 saturated carbocycles. The molecule has 1 aromatic heterocycles. The molecule has 1 atom stereocenters. The van der Waals surface area contributed by atoms with Crippen molar-refractivity contribution in [3.05, 3.63) is 70.1 Å². The van der Waals surface area contributed by atoms with Crippen LogP contribution in [0.4, 0.5) is 0 Å². The quantitative estimate of drug-likeness (QED) is 0.363. The van der Waals surface area contributed by atoms with Gasteiger partial charge in [0.15, 0.2) is 6.10 Å². The SMILES string of the molecule is CCOC(=O)C(Cc1ccc(OCc2nc(-c3ccc(Cl)cc3)oc2C)cc1C)OCC. The molecule has 0 spiro atoms.